The van der Waals surface area contributed by atoms with Crippen LogP contribution >= 0.6 is 34.5 Å². The number of benzene rings is 1. The zero-order valence-corrected chi connectivity index (χ0v) is 15.6. The molecule has 4 rings (SSSR count). The number of rotatable bonds is 2. The maximum absolute atomic E-state index is 6.13. The van der Waals surface area contributed by atoms with E-state index in [1.165, 1.54) is 37.0 Å². The van der Waals surface area contributed by atoms with Gasteiger partial charge in [0.05, 0.1) is 22.1 Å². The van der Waals surface area contributed by atoms with Crippen LogP contribution in [-0.2, 0) is 13.0 Å². The van der Waals surface area contributed by atoms with Crippen LogP contribution < -0.4 is 5.32 Å². The number of aromatic nitrogens is 1. The summed E-state index contributed by atoms with van der Waals surface area (Å²) in [6, 6.07) is 5.73. The third-order valence-electron chi connectivity index (χ3n) is 5.09. The van der Waals surface area contributed by atoms with Gasteiger partial charge < -0.3 is 5.32 Å². The molecule has 1 aliphatic carbocycles. The van der Waals surface area contributed by atoms with Crippen molar-refractivity contribution < 1.29 is 0 Å². The Bertz CT molecular complexity index is 778. The van der Waals surface area contributed by atoms with E-state index in [9.17, 15) is 0 Å². The zero-order valence-electron chi connectivity index (χ0n) is 13.3. The van der Waals surface area contributed by atoms with Gasteiger partial charge in [0.2, 0.25) is 0 Å². The van der Waals surface area contributed by atoms with E-state index in [1.54, 1.807) is 11.3 Å². The molecule has 0 bridgehead atoms. The molecule has 1 N–H and O–H groups in total. The van der Waals surface area contributed by atoms with Crippen LogP contribution in [0.3, 0.4) is 0 Å². The zero-order chi connectivity index (χ0) is 16.6. The molecule has 0 amide bonds. The first-order valence-corrected chi connectivity index (χ1v) is 9.98. The molecule has 1 fully saturated rings. The van der Waals surface area contributed by atoms with Crippen LogP contribution in [0, 0.1) is 5.41 Å². The van der Waals surface area contributed by atoms with Crippen molar-refractivity contribution in [3.63, 3.8) is 0 Å². The average molecular weight is 380 g/mol. The molecule has 2 aliphatic rings. The Morgan fingerprint density at radius 3 is 2.79 bits per heavy atom. The predicted molar refractivity (Wildman–Crippen MR) is 103 cm³/mol. The maximum Gasteiger partial charge on any atom is 0.145 e. The highest BCUT2D eigenvalue weighted by Crippen LogP contribution is 2.45. The molecule has 0 unspecified atom stereocenters. The van der Waals surface area contributed by atoms with E-state index in [-0.39, 0.29) is 5.41 Å². The Morgan fingerprint density at radius 1 is 1.17 bits per heavy atom. The standard InChI is InChI=1S/C18H19Cl2N3S/c19-13-5-4-12(8-14(13)20)10-21-17-18(6-2-1-3-7-18)9-15-16(23-17)22-11-24-15/h4-5,8,11H,1-3,6-7,9-10H2,(H,21,23). The van der Waals surface area contributed by atoms with Crippen molar-refractivity contribution in [1.82, 2.24) is 4.98 Å². The summed E-state index contributed by atoms with van der Waals surface area (Å²) in [5.74, 6) is 2.09. The topological polar surface area (TPSA) is 37.3 Å². The summed E-state index contributed by atoms with van der Waals surface area (Å²) in [7, 11) is 0. The largest absolute Gasteiger partial charge is 0.327 e. The molecule has 2 aromatic rings. The highest BCUT2D eigenvalue weighted by atomic mass is 35.5. The number of anilines is 1. The summed E-state index contributed by atoms with van der Waals surface area (Å²) in [6.45, 7) is 0.612. The number of hydrogen-bond donors (Lipinski definition) is 1. The predicted octanol–water partition coefficient (Wildman–Crippen LogP) is 5.97. The first-order valence-electron chi connectivity index (χ1n) is 8.35. The fourth-order valence-electron chi connectivity index (χ4n) is 3.79. The van der Waals surface area contributed by atoms with Gasteiger partial charge >= 0.3 is 0 Å². The van der Waals surface area contributed by atoms with Gasteiger partial charge in [-0.2, -0.15) is 0 Å². The van der Waals surface area contributed by atoms with Gasteiger partial charge in [0, 0.05) is 10.3 Å². The molecule has 1 aromatic carbocycles. The number of halogens is 2. The first-order chi connectivity index (χ1) is 11.7. The normalized spacial score (nSPS) is 20.8. The van der Waals surface area contributed by atoms with E-state index >= 15 is 0 Å². The molecule has 0 saturated heterocycles. The number of nitrogens with one attached hydrogen (secondary N) is 1. The molecule has 126 valence electrons. The molecular weight excluding hydrogens is 361 g/mol. The van der Waals surface area contributed by atoms with E-state index in [0.29, 0.717) is 16.6 Å². The van der Waals surface area contributed by atoms with E-state index < -0.39 is 0 Å². The second-order valence-electron chi connectivity index (χ2n) is 6.68. The summed E-state index contributed by atoms with van der Waals surface area (Å²) >= 11 is 13.9. The molecular formula is C18H19Cl2N3S. The van der Waals surface area contributed by atoms with Crippen LogP contribution in [0.5, 0.6) is 0 Å². The molecule has 0 atom stereocenters. The van der Waals surface area contributed by atoms with Crippen molar-refractivity contribution in [2.24, 2.45) is 10.4 Å². The third kappa shape index (κ3) is 3.07. The maximum atomic E-state index is 6.13. The van der Waals surface area contributed by atoms with Gasteiger partial charge in [-0.1, -0.05) is 48.5 Å². The minimum Gasteiger partial charge on any atom is -0.327 e. The van der Waals surface area contributed by atoms with Crippen LogP contribution in [0.15, 0.2) is 28.7 Å². The van der Waals surface area contributed by atoms with Crippen molar-refractivity contribution in [2.45, 2.75) is 45.1 Å². The molecule has 2 heterocycles. The molecule has 6 heteroatoms. The second-order valence-corrected chi connectivity index (χ2v) is 8.43. The monoisotopic (exact) mass is 379 g/mol. The van der Waals surface area contributed by atoms with Gasteiger partial charge in [0.15, 0.2) is 0 Å². The molecule has 1 aromatic heterocycles. The SMILES string of the molecule is Clc1ccc(CN=C2Nc3ncsc3CC23CCCCC3)cc1Cl. The molecule has 1 saturated carbocycles. The summed E-state index contributed by atoms with van der Waals surface area (Å²) in [5, 5.41) is 4.69. The number of thiazole rings is 1. The van der Waals surface area contributed by atoms with E-state index in [1.807, 2.05) is 23.7 Å². The van der Waals surface area contributed by atoms with Crippen molar-refractivity contribution in [2.75, 3.05) is 5.32 Å². The van der Waals surface area contributed by atoms with E-state index in [4.69, 9.17) is 28.2 Å². The van der Waals surface area contributed by atoms with Crippen LogP contribution in [0.25, 0.3) is 0 Å². The molecule has 1 aliphatic heterocycles. The van der Waals surface area contributed by atoms with Crippen LogP contribution in [0.4, 0.5) is 5.82 Å². The first kappa shape index (κ1) is 16.4. The number of amidine groups is 1. The molecule has 1 spiro atoms. The summed E-state index contributed by atoms with van der Waals surface area (Å²) in [6.07, 6.45) is 7.37. The highest BCUT2D eigenvalue weighted by Gasteiger charge is 2.41. The minimum atomic E-state index is 0.161. The lowest BCUT2D eigenvalue weighted by Crippen LogP contribution is -2.43. The van der Waals surface area contributed by atoms with Crippen LogP contribution in [0.1, 0.15) is 42.5 Å². The third-order valence-corrected chi connectivity index (χ3v) is 6.67. The lowest BCUT2D eigenvalue weighted by molar-refractivity contribution is 0.280. The van der Waals surface area contributed by atoms with Crippen molar-refractivity contribution in [1.29, 1.82) is 0 Å². The Morgan fingerprint density at radius 2 is 2.00 bits per heavy atom. The fourth-order valence-corrected chi connectivity index (χ4v) is 4.97. The van der Waals surface area contributed by atoms with E-state index in [2.05, 4.69) is 10.3 Å². The Balaban J connectivity index is 1.64. The summed E-state index contributed by atoms with van der Waals surface area (Å²) in [4.78, 5) is 10.8. The van der Waals surface area contributed by atoms with Gasteiger partial charge in [-0.15, -0.1) is 11.3 Å². The average Bonchev–Trinajstić information content (AvgIpc) is 3.03. The van der Waals surface area contributed by atoms with Crippen molar-refractivity contribution in [3.8, 4) is 0 Å². The van der Waals surface area contributed by atoms with Crippen molar-refractivity contribution >= 4 is 46.2 Å². The van der Waals surface area contributed by atoms with Gasteiger partial charge in [-0.3, -0.25) is 4.99 Å². The summed E-state index contributed by atoms with van der Waals surface area (Å²) < 4.78 is 0. The van der Waals surface area contributed by atoms with Gasteiger partial charge in [-0.25, -0.2) is 4.98 Å². The quantitative estimate of drug-likeness (QED) is 0.697. The van der Waals surface area contributed by atoms with Gasteiger partial charge in [0.25, 0.3) is 0 Å². The van der Waals surface area contributed by atoms with Crippen molar-refractivity contribution in [3.05, 3.63) is 44.2 Å². The lowest BCUT2D eigenvalue weighted by atomic mass is 9.69. The lowest BCUT2D eigenvalue weighted by Gasteiger charge is -2.41. The summed E-state index contributed by atoms with van der Waals surface area (Å²) in [5.41, 5.74) is 3.16. The van der Waals surface area contributed by atoms with Gasteiger partial charge in [0.1, 0.15) is 11.7 Å². The number of nitrogens with zero attached hydrogens (tertiary/aromatic N) is 2. The molecule has 3 nitrogen and oxygen atoms in total. The smallest absolute Gasteiger partial charge is 0.145 e. The van der Waals surface area contributed by atoms with E-state index in [0.717, 1.165) is 23.6 Å². The Labute approximate surface area is 156 Å². The van der Waals surface area contributed by atoms with Gasteiger partial charge in [-0.05, 0) is 37.0 Å². The Hall–Kier alpha value is -1.10. The minimum absolute atomic E-state index is 0.161. The molecule has 0 radical (unpaired) electrons. The highest BCUT2D eigenvalue weighted by molar-refractivity contribution is 7.10. The Kier molecular flexibility index (Phi) is 4.54. The second kappa shape index (κ2) is 6.66. The number of fused-ring (bicyclic) bond motifs is 1. The fraction of sp³-hybridized carbons (Fsp3) is 0.444. The van der Waals surface area contributed by atoms with Crippen LogP contribution in [0.2, 0.25) is 10.0 Å². The molecule has 24 heavy (non-hydrogen) atoms. The number of aliphatic imine (C=N–C) groups is 1. The van der Waals surface area contributed by atoms with Crippen LogP contribution in [-0.4, -0.2) is 10.8 Å². The number of hydrogen-bond acceptors (Lipinski definition) is 3.